The molecule has 0 unspecified atom stereocenters. The molecule has 2 fully saturated rings. The number of fused-ring (bicyclic) bond motifs is 1. The molecule has 1 saturated heterocycles. The zero-order chi connectivity index (χ0) is 7.73. The Morgan fingerprint density at radius 3 is 3.00 bits per heavy atom. The molecule has 1 aliphatic heterocycles. The molecule has 1 aliphatic carbocycles. The minimum Gasteiger partial charge on any atom is -0.366 e. The van der Waals surface area contributed by atoms with Crippen LogP contribution in [0.1, 0.15) is 39.0 Å². The van der Waals surface area contributed by atoms with E-state index in [1.807, 2.05) is 0 Å². The van der Waals surface area contributed by atoms with Gasteiger partial charge in [0.25, 0.3) is 0 Å². The van der Waals surface area contributed by atoms with Crippen molar-refractivity contribution in [3.05, 3.63) is 12.2 Å². The molecular formula is C10H16O. The molecule has 2 aliphatic rings. The van der Waals surface area contributed by atoms with E-state index in [-0.39, 0.29) is 0 Å². The van der Waals surface area contributed by atoms with Gasteiger partial charge in [0, 0.05) is 0 Å². The minimum absolute atomic E-state index is 0.325. The summed E-state index contributed by atoms with van der Waals surface area (Å²) in [6, 6.07) is 0. The molecule has 0 amide bonds. The first kappa shape index (κ1) is 7.35. The van der Waals surface area contributed by atoms with E-state index in [0.717, 1.165) is 12.8 Å². The van der Waals surface area contributed by atoms with Crippen LogP contribution in [0.3, 0.4) is 0 Å². The Labute approximate surface area is 68.4 Å². The van der Waals surface area contributed by atoms with Crippen molar-refractivity contribution < 1.29 is 4.74 Å². The first-order valence-corrected chi connectivity index (χ1v) is 4.70. The summed E-state index contributed by atoms with van der Waals surface area (Å²) in [4.78, 5) is 0. The highest BCUT2D eigenvalue weighted by molar-refractivity contribution is 5.10. The Morgan fingerprint density at radius 1 is 1.55 bits per heavy atom. The number of hydrogen-bond donors (Lipinski definition) is 0. The van der Waals surface area contributed by atoms with E-state index >= 15 is 0 Å². The van der Waals surface area contributed by atoms with Gasteiger partial charge in [0.05, 0.1) is 11.7 Å². The molecular weight excluding hydrogens is 136 g/mol. The van der Waals surface area contributed by atoms with Gasteiger partial charge in [-0.2, -0.15) is 0 Å². The van der Waals surface area contributed by atoms with E-state index in [1.54, 1.807) is 0 Å². The number of ether oxygens (including phenoxy) is 1. The number of rotatable bonds is 3. The Bertz CT molecular complexity index is 174. The van der Waals surface area contributed by atoms with E-state index < -0.39 is 0 Å². The highest BCUT2D eigenvalue weighted by atomic mass is 16.6. The van der Waals surface area contributed by atoms with Gasteiger partial charge in [0.2, 0.25) is 0 Å². The maximum absolute atomic E-state index is 5.64. The van der Waals surface area contributed by atoms with Crippen molar-refractivity contribution >= 4 is 0 Å². The monoisotopic (exact) mass is 152 g/mol. The summed E-state index contributed by atoms with van der Waals surface area (Å²) in [5, 5.41) is 0. The van der Waals surface area contributed by atoms with Crippen LogP contribution in [0.4, 0.5) is 0 Å². The molecule has 1 saturated carbocycles. The Hall–Kier alpha value is -0.300. The van der Waals surface area contributed by atoms with Crippen LogP contribution in [0.15, 0.2) is 12.2 Å². The fourth-order valence-electron chi connectivity index (χ4n) is 2.11. The van der Waals surface area contributed by atoms with Crippen LogP contribution in [0.25, 0.3) is 0 Å². The lowest BCUT2D eigenvalue weighted by Crippen LogP contribution is -2.06. The zero-order valence-electron chi connectivity index (χ0n) is 7.18. The van der Waals surface area contributed by atoms with Crippen LogP contribution < -0.4 is 0 Å². The maximum Gasteiger partial charge on any atom is 0.0982 e. The quantitative estimate of drug-likeness (QED) is 0.447. The van der Waals surface area contributed by atoms with Crippen molar-refractivity contribution in [2.75, 3.05) is 0 Å². The summed E-state index contributed by atoms with van der Waals surface area (Å²) in [6.07, 6.45) is 11.4. The summed E-state index contributed by atoms with van der Waals surface area (Å²) >= 11 is 0. The van der Waals surface area contributed by atoms with Gasteiger partial charge < -0.3 is 4.74 Å². The molecule has 1 nitrogen and oxygen atoms in total. The summed E-state index contributed by atoms with van der Waals surface area (Å²) in [6.45, 7) is 2.17. The number of hydrogen-bond acceptors (Lipinski definition) is 1. The molecule has 2 atom stereocenters. The second-order valence-electron chi connectivity index (χ2n) is 3.65. The van der Waals surface area contributed by atoms with Gasteiger partial charge in [-0.05, 0) is 32.1 Å². The molecule has 0 N–H and O–H groups in total. The van der Waals surface area contributed by atoms with Crippen LogP contribution in [-0.4, -0.2) is 11.7 Å². The van der Waals surface area contributed by atoms with Gasteiger partial charge in [0.1, 0.15) is 0 Å². The predicted molar refractivity (Wildman–Crippen MR) is 45.5 cm³/mol. The number of epoxide rings is 1. The van der Waals surface area contributed by atoms with Crippen molar-refractivity contribution in [3.8, 4) is 0 Å². The molecule has 1 heteroatoms. The van der Waals surface area contributed by atoms with Crippen molar-refractivity contribution in [2.24, 2.45) is 0 Å². The standard InChI is InChI=1S/C10H16O/c1-2-3-4-7-10-8-5-6-9(10)11-10/h3-4,9H,2,5-8H2,1H3/t9-,10-/m1/s1. The topological polar surface area (TPSA) is 12.5 Å². The van der Waals surface area contributed by atoms with Crippen LogP contribution in [0, 0.1) is 0 Å². The second kappa shape index (κ2) is 2.63. The van der Waals surface area contributed by atoms with Gasteiger partial charge in [-0.3, -0.25) is 0 Å². The van der Waals surface area contributed by atoms with Gasteiger partial charge >= 0.3 is 0 Å². The molecule has 11 heavy (non-hydrogen) atoms. The second-order valence-corrected chi connectivity index (χ2v) is 3.65. The van der Waals surface area contributed by atoms with E-state index in [1.165, 1.54) is 19.3 Å². The molecule has 0 bridgehead atoms. The minimum atomic E-state index is 0.325. The lowest BCUT2D eigenvalue weighted by atomic mass is 10.0. The van der Waals surface area contributed by atoms with Crippen LogP contribution in [0.2, 0.25) is 0 Å². The third-order valence-corrected chi connectivity index (χ3v) is 2.84. The van der Waals surface area contributed by atoms with Gasteiger partial charge in [0.15, 0.2) is 0 Å². The predicted octanol–water partition coefficient (Wildman–Crippen LogP) is 2.66. The summed E-state index contributed by atoms with van der Waals surface area (Å²) in [7, 11) is 0. The normalized spacial score (nSPS) is 41.4. The molecule has 0 aromatic carbocycles. The highest BCUT2D eigenvalue weighted by Gasteiger charge is 2.57. The number of allylic oxidation sites excluding steroid dienone is 1. The molecule has 0 spiro atoms. The average molecular weight is 152 g/mol. The van der Waals surface area contributed by atoms with E-state index in [0.29, 0.717) is 11.7 Å². The van der Waals surface area contributed by atoms with Crippen LogP contribution in [0.5, 0.6) is 0 Å². The molecule has 62 valence electrons. The van der Waals surface area contributed by atoms with Gasteiger partial charge in [-0.15, -0.1) is 0 Å². The largest absolute Gasteiger partial charge is 0.366 e. The van der Waals surface area contributed by atoms with Crippen LogP contribution in [-0.2, 0) is 4.74 Å². The molecule has 0 radical (unpaired) electrons. The Morgan fingerprint density at radius 2 is 2.45 bits per heavy atom. The van der Waals surface area contributed by atoms with Crippen molar-refractivity contribution in [3.63, 3.8) is 0 Å². The summed E-state index contributed by atoms with van der Waals surface area (Å²) in [5.74, 6) is 0. The zero-order valence-corrected chi connectivity index (χ0v) is 7.18. The smallest absolute Gasteiger partial charge is 0.0982 e. The van der Waals surface area contributed by atoms with E-state index in [4.69, 9.17) is 4.74 Å². The SMILES string of the molecule is CCC=CC[C@@]12CCC[C@H]1O2. The summed E-state index contributed by atoms with van der Waals surface area (Å²) < 4.78 is 5.64. The first-order valence-electron chi connectivity index (χ1n) is 4.70. The lowest BCUT2D eigenvalue weighted by molar-refractivity contribution is 0.252. The van der Waals surface area contributed by atoms with Crippen molar-refractivity contribution in [1.29, 1.82) is 0 Å². The fourth-order valence-corrected chi connectivity index (χ4v) is 2.11. The third-order valence-electron chi connectivity index (χ3n) is 2.84. The van der Waals surface area contributed by atoms with Crippen molar-refractivity contribution in [2.45, 2.75) is 50.7 Å². The van der Waals surface area contributed by atoms with E-state index in [2.05, 4.69) is 19.1 Å². The first-order chi connectivity index (χ1) is 5.37. The van der Waals surface area contributed by atoms with Crippen molar-refractivity contribution in [1.82, 2.24) is 0 Å². The molecule has 2 rings (SSSR count). The molecule has 0 aromatic rings. The Balaban J connectivity index is 1.83. The highest BCUT2D eigenvalue weighted by Crippen LogP contribution is 2.52. The van der Waals surface area contributed by atoms with Gasteiger partial charge in [-0.25, -0.2) is 0 Å². The van der Waals surface area contributed by atoms with Crippen LogP contribution >= 0.6 is 0 Å². The fraction of sp³-hybridized carbons (Fsp3) is 0.800. The lowest BCUT2D eigenvalue weighted by Gasteiger charge is -2.02. The maximum atomic E-state index is 5.64. The average Bonchev–Trinajstić information content (AvgIpc) is 2.55. The molecule has 1 heterocycles. The van der Waals surface area contributed by atoms with Gasteiger partial charge in [-0.1, -0.05) is 19.1 Å². The van der Waals surface area contributed by atoms with E-state index in [9.17, 15) is 0 Å². The third kappa shape index (κ3) is 1.22. The Kier molecular flexibility index (Phi) is 1.76. The molecule has 0 aromatic heterocycles. The summed E-state index contributed by atoms with van der Waals surface area (Å²) in [5.41, 5.74) is 0.325.